The molecule has 0 aliphatic carbocycles. The zero-order valence-corrected chi connectivity index (χ0v) is 12.9. The van der Waals surface area contributed by atoms with Crippen LogP contribution in [0.25, 0.3) is 11.6 Å². The van der Waals surface area contributed by atoms with Crippen molar-refractivity contribution in [3.8, 4) is 17.6 Å². The number of hydrogen-bond donors (Lipinski definition) is 0. The van der Waals surface area contributed by atoms with Crippen LogP contribution in [0.2, 0.25) is 0 Å². The monoisotopic (exact) mass is 294 g/mol. The molecule has 0 saturated heterocycles. The largest absolute Gasteiger partial charge is 0.493 e. The number of allylic oxidation sites excluding steroid dienone is 1. The van der Waals surface area contributed by atoms with Gasteiger partial charge in [0.2, 0.25) is 0 Å². The molecule has 0 unspecified atom stereocenters. The van der Waals surface area contributed by atoms with Crippen molar-refractivity contribution in [2.24, 2.45) is 0 Å². The molecule has 0 radical (unpaired) electrons. The predicted octanol–water partition coefficient (Wildman–Crippen LogP) is 3.94. The highest BCUT2D eigenvalue weighted by Gasteiger charge is 2.08. The lowest BCUT2D eigenvalue weighted by atomic mass is 10.1. The minimum Gasteiger partial charge on any atom is -0.493 e. The number of benzene rings is 1. The van der Waals surface area contributed by atoms with Crippen LogP contribution in [0, 0.1) is 11.3 Å². The Labute approximate surface area is 130 Å². The van der Waals surface area contributed by atoms with Crippen LogP contribution in [0.4, 0.5) is 0 Å². The van der Waals surface area contributed by atoms with Gasteiger partial charge in [-0.2, -0.15) is 5.26 Å². The van der Waals surface area contributed by atoms with Crippen LogP contribution >= 0.6 is 0 Å². The van der Waals surface area contributed by atoms with Crippen molar-refractivity contribution in [3.05, 3.63) is 53.9 Å². The van der Waals surface area contributed by atoms with Crippen LogP contribution in [0.5, 0.6) is 11.5 Å². The number of nitriles is 1. The van der Waals surface area contributed by atoms with E-state index in [1.807, 2.05) is 50.2 Å². The smallest absolute Gasteiger partial charge is 0.161 e. The van der Waals surface area contributed by atoms with E-state index >= 15 is 0 Å². The molecular formula is C18H18N2O2. The van der Waals surface area contributed by atoms with Crippen LogP contribution in [-0.4, -0.2) is 18.2 Å². The predicted molar refractivity (Wildman–Crippen MR) is 86.5 cm³/mol. The molecule has 1 heterocycles. The Kier molecular flexibility index (Phi) is 5.16. The van der Waals surface area contributed by atoms with Crippen LogP contribution in [-0.2, 0) is 0 Å². The number of methoxy groups -OCH3 is 1. The van der Waals surface area contributed by atoms with Crippen molar-refractivity contribution in [2.45, 2.75) is 20.0 Å². The van der Waals surface area contributed by atoms with Gasteiger partial charge in [0.15, 0.2) is 11.5 Å². The zero-order valence-electron chi connectivity index (χ0n) is 12.9. The fourth-order valence-corrected chi connectivity index (χ4v) is 1.98. The number of pyridine rings is 1. The zero-order chi connectivity index (χ0) is 15.9. The van der Waals surface area contributed by atoms with Crippen LogP contribution in [0.3, 0.4) is 0 Å². The molecule has 0 aliphatic heterocycles. The van der Waals surface area contributed by atoms with Crippen LogP contribution in [0.1, 0.15) is 25.1 Å². The first kappa shape index (κ1) is 15.6. The van der Waals surface area contributed by atoms with Gasteiger partial charge in [-0.1, -0.05) is 12.1 Å². The van der Waals surface area contributed by atoms with Gasteiger partial charge in [0, 0.05) is 6.20 Å². The van der Waals surface area contributed by atoms with Crippen molar-refractivity contribution in [3.63, 3.8) is 0 Å². The number of nitrogens with zero attached hydrogens (tertiary/aromatic N) is 2. The van der Waals surface area contributed by atoms with Crippen molar-refractivity contribution in [1.29, 1.82) is 5.26 Å². The quantitative estimate of drug-likeness (QED) is 0.784. The minimum absolute atomic E-state index is 0.0680. The van der Waals surface area contributed by atoms with E-state index in [4.69, 9.17) is 9.47 Å². The summed E-state index contributed by atoms with van der Waals surface area (Å²) in [5.74, 6) is 1.33. The van der Waals surface area contributed by atoms with Crippen LogP contribution in [0.15, 0.2) is 42.6 Å². The number of hydrogen-bond acceptors (Lipinski definition) is 4. The third-order valence-electron chi connectivity index (χ3n) is 2.92. The number of aromatic nitrogens is 1. The van der Waals surface area contributed by atoms with E-state index in [0.717, 1.165) is 5.56 Å². The van der Waals surface area contributed by atoms with E-state index in [1.54, 1.807) is 19.4 Å². The Hall–Kier alpha value is -2.80. The van der Waals surface area contributed by atoms with E-state index in [0.29, 0.717) is 22.8 Å². The lowest BCUT2D eigenvalue weighted by Crippen LogP contribution is -2.06. The van der Waals surface area contributed by atoms with Gasteiger partial charge in [-0.15, -0.1) is 0 Å². The molecule has 1 aromatic heterocycles. The van der Waals surface area contributed by atoms with Gasteiger partial charge in [-0.3, -0.25) is 4.98 Å². The summed E-state index contributed by atoms with van der Waals surface area (Å²) >= 11 is 0. The van der Waals surface area contributed by atoms with Crippen LogP contribution < -0.4 is 9.47 Å². The maximum absolute atomic E-state index is 9.33. The normalized spacial score (nSPS) is 11.1. The van der Waals surface area contributed by atoms with Gasteiger partial charge in [0.05, 0.1) is 24.5 Å². The first-order chi connectivity index (χ1) is 10.6. The molecule has 112 valence electrons. The molecule has 4 nitrogen and oxygen atoms in total. The number of ether oxygens (including phenoxy) is 2. The third-order valence-corrected chi connectivity index (χ3v) is 2.92. The SMILES string of the molecule is COc1cc(/C=C(\C#N)c2ccccn2)ccc1OC(C)C. The fraction of sp³-hybridized carbons (Fsp3) is 0.222. The van der Waals surface area contributed by atoms with Gasteiger partial charge in [0.25, 0.3) is 0 Å². The average Bonchev–Trinajstić information content (AvgIpc) is 2.54. The van der Waals surface area contributed by atoms with E-state index in [1.165, 1.54) is 0 Å². The lowest BCUT2D eigenvalue weighted by molar-refractivity contribution is 0.230. The summed E-state index contributed by atoms with van der Waals surface area (Å²) in [7, 11) is 1.60. The summed E-state index contributed by atoms with van der Waals surface area (Å²) in [6, 6.07) is 13.2. The Morgan fingerprint density at radius 1 is 1.23 bits per heavy atom. The average molecular weight is 294 g/mol. The van der Waals surface area contributed by atoms with Crippen molar-refractivity contribution >= 4 is 11.6 Å². The summed E-state index contributed by atoms with van der Waals surface area (Å²) in [6.45, 7) is 3.92. The first-order valence-electron chi connectivity index (χ1n) is 7.02. The molecule has 2 aromatic rings. The van der Waals surface area contributed by atoms with Crippen molar-refractivity contribution in [1.82, 2.24) is 4.98 Å². The van der Waals surface area contributed by atoms with Gasteiger partial charge < -0.3 is 9.47 Å². The van der Waals surface area contributed by atoms with E-state index in [2.05, 4.69) is 11.1 Å². The molecule has 0 bridgehead atoms. The molecule has 2 rings (SSSR count). The molecule has 0 aliphatic rings. The van der Waals surface area contributed by atoms with Gasteiger partial charge in [0.1, 0.15) is 6.07 Å². The molecular weight excluding hydrogens is 276 g/mol. The molecule has 0 N–H and O–H groups in total. The van der Waals surface area contributed by atoms with E-state index in [-0.39, 0.29) is 6.10 Å². The highest BCUT2D eigenvalue weighted by molar-refractivity contribution is 5.88. The second-order valence-electron chi connectivity index (χ2n) is 4.96. The summed E-state index contributed by atoms with van der Waals surface area (Å²) in [5.41, 5.74) is 2.00. The first-order valence-corrected chi connectivity index (χ1v) is 7.02. The molecule has 1 aromatic carbocycles. The molecule has 22 heavy (non-hydrogen) atoms. The van der Waals surface area contributed by atoms with Gasteiger partial charge in [-0.25, -0.2) is 0 Å². The Balaban J connectivity index is 2.36. The highest BCUT2D eigenvalue weighted by atomic mass is 16.5. The Bertz CT molecular complexity index is 701. The standard InChI is InChI=1S/C18H18N2O2/c1-13(2)22-17-8-7-14(11-18(17)21-3)10-15(12-19)16-6-4-5-9-20-16/h4-11,13H,1-3H3/b15-10+. The lowest BCUT2D eigenvalue weighted by Gasteiger charge is -2.13. The van der Waals surface area contributed by atoms with Crippen molar-refractivity contribution < 1.29 is 9.47 Å². The second kappa shape index (κ2) is 7.28. The maximum atomic E-state index is 9.33. The maximum Gasteiger partial charge on any atom is 0.161 e. The second-order valence-corrected chi connectivity index (χ2v) is 4.96. The highest BCUT2D eigenvalue weighted by Crippen LogP contribution is 2.30. The summed E-state index contributed by atoms with van der Waals surface area (Å²) < 4.78 is 11.0. The summed E-state index contributed by atoms with van der Waals surface area (Å²) in [5, 5.41) is 9.33. The van der Waals surface area contributed by atoms with Gasteiger partial charge >= 0.3 is 0 Å². The topological polar surface area (TPSA) is 55.1 Å². The Morgan fingerprint density at radius 3 is 2.64 bits per heavy atom. The fourth-order valence-electron chi connectivity index (χ4n) is 1.98. The molecule has 0 saturated carbocycles. The molecule has 0 fully saturated rings. The molecule has 4 heteroatoms. The minimum atomic E-state index is 0.0680. The van der Waals surface area contributed by atoms with E-state index < -0.39 is 0 Å². The van der Waals surface area contributed by atoms with Crippen molar-refractivity contribution in [2.75, 3.05) is 7.11 Å². The molecule has 0 amide bonds. The van der Waals surface area contributed by atoms with E-state index in [9.17, 15) is 5.26 Å². The third kappa shape index (κ3) is 3.86. The summed E-state index contributed by atoms with van der Waals surface area (Å²) in [4.78, 5) is 4.20. The summed E-state index contributed by atoms with van der Waals surface area (Å²) in [6.07, 6.45) is 3.52. The molecule has 0 spiro atoms. The van der Waals surface area contributed by atoms with Gasteiger partial charge in [-0.05, 0) is 49.8 Å². The Morgan fingerprint density at radius 2 is 2.05 bits per heavy atom. The molecule has 0 atom stereocenters. The number of rotatable bonds is 5.